The predicted octanol–water partition coefficient (Wildman–Crippen LogP) is 1.41. The molecule has 0 spiro atoms. The molecule has 0 aromatic carbocycles. The number of nitrogens with two attached hydrogens (primary N) is 1. The zero-order chi connectivity index (χ0) is 8.97. The fourth-order valence-corrected chi connectivity index (χ4v) is 1.14. The van der Waals surface area contributed by atoms with Crippen molar-refractivity contribution in [3.63, 3.8) is 0 Å². The molecule has 0 aliphatic heterocycles. The third-order valence-corrected chi connectivity index (χ3v) is 1.70. The highest BCUT2D eigenvalue weighted by atomic mass is 35.5. The van der Waals surface area contributed by atoms with Crippen LogP contribution >= 0.6 is 11.6 Å². The van der Waals surface area contributed by atoms with Gasteiger partial charge in [0.15, 0.2) is 0 Å². The van der Waals surface area contributed by atoms with Crippen molar-refractivity contribution >= 4 is 17.4 Å². The summed E-state index contributed by atoms with van der Waals surface area (Å²) in [6, 6.07) is 1.87. The van der Waals surface area contributed by atoms with E-state index < -0.39 is 0 Å². The standard InChI is InChI=1S/C8H12ClN3/c1-6-4-7(9)8(12-5-6)11-3-2-10/h4-5H,2-3,10H2,1H3,(H,11,12). The fraction of sp³-hybridized carbons (Fsp3) is 0.375. The van der Waals surface area contributed by atoms with Gasteiger partial charge in [-0.1, -0.05) is 11.6 Å². The van der Waals surface area contributed by atoms with Crippen molar-refractivity contribution < 1.29 is 0 Å². The summed E-state index contributed by atoms with van der Waals surface area (Å²) < 4.78 is 0. The molecule has 1 rings (SSSR count). The Kier molecular flexibility index (Phi) is 3.31. The van der Waals surface area contributed by atoms with Gasteiger partial charge in [-0.15, -0.1) is 0 Å². The Morgan fingerprint density at radius 2 is 2.42 bits per heavy atom. The smallest absolute Gasteiger partial charge is 0.144 e. The molecule has 3 nitrogen and oxygen atoms in total. The number of hydrogen-bond donors (Lipinski definition) is 2. The first-order chi connectivity index (χ1) is 5.74. The number of nitrogens with one attached hydrogen (secondary N) is 1. The summed E-state index contributed by atoms with van der Waals surface area (Å²) in [6.45, 7) is 3.22. The number of hydrogen-bond acceptors (Lipinski definition) is 3. The number of anilines is 1. The molecule has 1 heterocycles. The minimum absolute atomic E-state index is 0.575. The van der Waals surface area contributed by atoms with Crippen LogP contribution in [-0.2, 0) is 0 Å². The summed E-state index contributed by atoms with van der Waals surface area (Å²) in [6.07, 6.45) is 1.77. The van der Waals surface area contributed by atoms with Crippen LogP contribution in [0.15, 0.2) is 12.3 Å². The van der Waals surface area contributed by atoms with Gasteiger partial charge < -0.3 is 11.1 Å². The van der Waals surface area contributed by atoms with E-state index in [1.165, 1.54) is 0 Å². The molecule has 66 valence electrons. The Morgan fingerprint density at radius 1 is 1.67 bits per heavy atom. The zero-order valence-corrected chi connectivity index (χ0v) is 7.73. The van der Waals surface area contributed by atoms with Gasteiger partial charge in [-0.3, -0.25) is 0 Å². The average Bonchev–Trinajstić information content (AvgIpc) is 2.03. The van der Waals surface area contributed by atoms with Crippen LogP contribution < -0.4 is 11.1 Å². The van der Waals surface area contributed by atoms with Gasteiger partial charge >= 0.3 is 0 Å². The number of aryl methyl sites for hydroxylation is 1. The van der Waals surface area contributed by atoms with E-state index in [1.54, 1.807) is 6.20 Å². The Labute approximate surface area is 76.9 Å². The molecule has 12 heavy (non-hydrogen) atoms. The molecule has 0 aliphatic carbocycles. The average molecular weight is 186 g/mol. The third kappa shape index (κ3) is 2.36. The number of aromatic nitrogens is 1. The Bertz CT molecular complexity index is 262. The van der Waals surface area contributed by atoms with Gasteiger partial charge in [0.1, 0.15) is 5.82 Å². The molecule has 0 radical (unpaired) electrons. The van der Waals surface area contributed by atoms with Crippen molar-refractivity contribution in [2.75, 3.05) is 18.4 Å². The monoisotopic (exact) mass is 185 g/mol. The van der Waals surface area contributed by atoms with Crippen molar-refractivity contribution in [1.29, 1.82) is 0 Å². The van der Waals surface area contributed by atoms with Crippen LogP contribution in [0, 0.1) is 6.92 Å². The van der Waals surface area contributed by atoms with E-state index in [2.05, 4.69) is 10.3 Å². The normalized spacial score (nSPS) is 9.92. The second kappa shape index (κ2) is 4.28. The van der Waals surface area contributed by atoms with Gasteiger partial charge in [-0.2, -0.15) is 0 Å². The van der Waals surface area contributed by atoms with Crippen LogP contribution in [0.4, 0.5) is 5.82 Å². The molecule has 1 aromatic heterocycles. The predicted molar refractivity (Wildman–Crippen MR) is 51.5 cm³/mol. The fourth-order valence-electron chi connectivity index (χ4n) is 0.854. The number of halogens is 1. The van der Waals surface area contributed by atoms with Crippen LogP contribution in [0.25, 0.3) is 0 Å². The molecule has 4 heteroatoms. The molecule has 0 amide bonds. The number of rotatable bonds is 3. The van der Waals surface area contributed by atoms with Crippen LogP contribution in [0.3, 0.4) is 0 Å². The molecule has 0 bridgehead atoms. The van der Waals surface area contributed by atoms with E-state index in [-0.39, 0.29) is 0 Å². The largest absolute Gasteiger partial charge is 0.368 e. The Morgan fingerprint density at radius 3 is 3.00 bits per heavy atom. The maximum atomic E-state index is 5.90. The maximum Gasteiger partial charge on any atom is 0.144 e. The van der Waals surface area contributed by atoms with Crippen molar-refractivity contribution in [2.45, 2.75) is 6.92 Å². The zero-order valence-electron chi connectivity index (χ0n) is 6.97. The molecule has 1 aromatic rings. The summed E-state index contributed by atoms with van der Waals surface area (Å²) in [5, 5.41) is 3.66. The van der Waals surface area contributed by atoms with Crippen LogP contribution in [0.1, 0.15) is 5.56 Å². The second-order valence-electron chi connectivity index (χ2n) is 2.56. The molecule has 0 fully saturated rings. The van der Waals surface area contributed by atoms with Crippen molar-refractivity contribution in [3.05, 3.63) is 22.8 Å². The lowest BCUT2D eigenvalue weighted by Gasteiger charge is -2.05. The molecule has 0 aliphatic rings. The van der Waals surface area contributed by atoms with Gasteiger partial charge in [0.05, 0.1) is 5.02 Å². The second-order valence-corrected chi connectivity index (χ2v) is 2.97. The van der Waals surface area contributed by atoms with Gasteiger partial charge in [-0.05, 0) is 18.6 Å². The van der Waals surface area contributed by atoms with E-state index in [1.807, 2.05) is 13.0 Å². The van der Waals surface area contributed by atoms with Crippen molar-refractivity contribution in [1.82, 2.24) is 4.98 Å². The Balaban J connectivity index is 2.72. The third-order valence-electron chi connectivity index (χ3n) is 1.41. The van der Waals surface area contributed by atoms with Crippen LogP contribution in [0.2, 0.25) is 5.02 Å². The van der Waals surface area contributed by atoms with Crippen molar-refractivity contribution in [3.8, 4) is 0 Å². The minimum Gasteiger partial charge on any atom is -0.368 e. The maximum absolute atomic E-state index is 5.90. The number of pyridine rings is 1. The topological polar surface area (TPSA) is 50.9 Å². The first kappa shape index (κ1) is 9.29. The first-order valence-electron chi connectivity index (χ1n) is 3.80. The molecule has 0 saturated heterocycles. The molecular weight excluding hydrogens is 174 g/mol. The molecule has 0 unspecified atom stereocenters. The summed E-state index contributed by atoms with van der Waals surface area (Å²) in [7, 11) is 0. The summed E-state index contributed by atoms with van der Waals surface area (Å²) >= 11 is 5.90. The quantitative estimate of drug-likeness (QED) is 0.749. The van der Waals surface area contributed by atoms with E-state index in [0.29, 0.717) is 23.9 Å². The molecule has 0 atom stereocenters. The summed E-state index contributed by atoms with van der Waals surface area (Å²) in [5.74, 6) is 0.702. The highest BCUT2D eigenvalue weighted by Crippen LogP contribution is 2.18. The lowest BCUT2D eigenvalue weighted by atomic mass is 10.3. The highest BCUT2D eigenvalue weighted by molar-refractivity contribution is 6.32. The molecular formula is C8H12ClN3. The van der Waals surface area contributed by atoms with Gasteiger partial charge in [0.25, 0.3) is 0 Å². The number of nitrogens with zero attached hydrogens (tertiary/aromatic N) is 1. The van der Waals surface area contributed by atoms with E-state index >= 15 is 0 Å². The van der Waals surface area contributed by atoms with Crippen LogP contribution in [0.5, 0.6) is 0 Å². The van der Waals surface area contributed by atoms with E-state index in [9.17, 15) is 0 Å². The SMILES string of the molecule is Cc1cnc(NCCN)c(Cl)c1. The van der Waals surface area contributed by atoms with E-state index in [4.69, 9.17) is 17.3 Å². The minimum atomic E-state index is 0.575. The Hall–Kier alpha value is -0.800. The van der Waals surface area contributed by atoms with Crippen molar-refractivity contribution in [2.24, 2.45) is 5.73 Å². The molecule has 0 saturated carbocycles. The highest BCUT2D eigenvalue weighted by Gasteiger charge is 1.99. The lowest BCUT2D eigenvalue weighted by Crippen LogP contribution is -2.14. The van der Waals surface area contributed by atoms with Crippen LogP contribution in [-0.4, -0.2) is 18.1 Å². The lowest BCUT2D eigenvalue weighted by molar-refractivity contribution is 1.01. The molecule has 3 N–H and O–H groups in total. The van der Waals surface area contributed by atoms with Gasteiger partial charge in [-0.25, -0.2) is 4.98 Å². The van der Waals surface area contributed by atoms with Gasteiger partial charge in [0.2, 0.25) is 0 Å². The van der Waals surface area contributed by atoms with E-state index in [0.717, 1.165) is 5.56 Å². The first-order valence-corrected chi connectivity index (χ1v) is 4.18. The van der Waals surface area contributed by atoms with Gasteiger partial charge in [0, 0.05) is 19.3 Å². The summed E-state index contributed by atoms with van der Waals surface area (Å²) in [5.41, 5.74) is 6.38. The summed E-state index contributed by atoms with van der Waals surface area (Å²) in [4.78, 5) is 4.12.